The first-order valence-corrected chi connectivity index (χ1v) is 8.50. The SMILES string of the molecule is CN=C(NCC(O)c1cnn(C)c1)NCC1CCOc2ccccc21.I. The van der Waals surface area contributed by atoms with Crippen molar-refractivity contribution in [2.24, 2.45) is 12.0 Å². The highest BCUT2D eigenvalue weighted by Crippen LogP contribution is 2.32. The predicted molar refractivity (Wildman–Crippen MR) is 112 cm³/mol. The molecule has 8 heteroatoms. The van der Waals surface area contributed by atoms with Gasteiger partial charge in [-0.05, 0) is 18.1 Å². The highest BCUT2D eigenvalue weighted by atomic mass is 127. The van der Waals surface area contributed by atoms with E-state index in [1.807, 2.05) is 31.4 Å². The molecular formula is C18H26IN5O2. The maximum atomic E-state index is 10.2. The van der Waals surface area contributed by atoms with E-state index < -0.39 is 6.10 Å². The van der Waals surface area contributed by atoms with Crippen LogP contribution < -0.4 is 15.4 Å². The summed E-state index contributed by atoms with van der Waals surface area (Å²) >= 11 is 0. The fraction of sp³-hybridized carbons (Fsp3) is 0.444. The lowest BCUT2D eigenvalue weighted by Gasteiger charge is -2.26. The van der Waals surface area contributed by atoms with Crippen LogP contribution in [0.2, 0.25) is 0 Å². The maximum absolute atomic E-state index is 10.2. The molecule has 0 bridgehead atoms. The second-order valence-corrected chi connectivity index (χ2v) is 6.17. The average Bonchev–Trinajstić information content (AvgIpc) is 3.08. The number of rotatable bonds is 5. The van der Waals surface area contributed by atoms with Crippen LogP contribution in [0.4, 0.5) is 0 Å². The van der Waals surface area contributed by atoms with Gasteiger partial charge in [0.1, 0.15) is 5.75 Å². The molecule has 2 heterocycles. The minimum absolute atomic E-state index is 0. The van der Waals surface area contributed by atoms with Crippen LogP contribution in [0.3, 0.4) is 0 Å². The molecule has 3 rings (SSSR count). The largest absolute Gasteiger partial charge is 0.493 e. The number of ether oxygens (including phenoxy) is 1. The van der Waals surface area contributed by atoms with Crippen molar-refractivity contribution in [3.8, 4) is 5.75 Å². The van der Waals surface area contributed by atoms with Gasteiger partial charge in [-0.2, -0.15) is 5.10 Å². The number of aromatic nitrogens is 2. The normalized spacial score (nSPS) is 17.5. The van der Waals surface area contributed by atoms with Gasteiger partial charge < -0.3 is 20.5 Å². The molecule has 26 heavy (non-hydrogen) atoms. The third kappa shape index (κ3) is 5.10. The quantitative estimate of drug-likeness (QED) is 0.352. The molecule has 3 N–H and O–H groups in total. The van der Waals surface area contributed by atoms with Gasteiger partial charge in [-0.15, -0.1) is 24.0 Å². The number of hydrogen-bond donors (Lipinski definition) is 3. The predicted octanol–water partition coefficient (Wildman–Crippen LogP) is 1.80. The number of fused-ring (bicyclic) bond motifs is 1. The van der Waals surface area contributed by atoms with E-state index in [4.69, 9.17) is 4.74 Å². The summed E-state index contributed by atoms with van der Waals surface area (Å²) in [6.07, 6.45) is 3.82. The van der Waals surface area contributed by atoms with Crippen molar-refractivity contribution in [1.82, 2.24) is 20.4 Å². The van der Waals surface area contributed by atoms with Gasteiger partial charge in [0.25, 0.3) is 0 Å². The fourth-order valence-corrected chi connectivity index (χ4v) is 2.99. The van der Waals surface area contributed by atoms with E-state index in [1.54, 1.807) is 17.9 Å². The van der Waals surface area contributed by atoms with Crippen molar-refractivity contribution >= 4 is 29.9 Å². The minimum Gasteiger partial charge on any atom is -0.493 e. The van der Waals surface area contributed by atoms with Crippen LogP contribution in [0, 0.1) is 0 Å². The van der Waals surface area contributed by atoms with Gasteiger partial charge in [-0.3, -0.25) is 9.67 Å². The molecule has 1 aliphatic rings. The zero-order chi connectivity index (χ0) is 17.6. The Morgan fingerprint density at radius 1 is 1.42 bits per heavy atom. The highest BCUT2D eigenvalue weighted by molar-refractivity contribution is 14.0. The van der Waals surface area contributed by atoms with Crippen molar-refractivity contribution in [2.45, 2.75) is 18.4 Å². The Morgan fingerprint density at radius 3 is 2.96 bits per heavy atom. The third-order valence-electron chi connectivity index (χ3n) is 4.39. The van der Waals surface area contributed by atoms with Crippen molar-refractivity contribution in [1.29, 1.82) is 0 Å². The van der Waals surface area contributed by atoms with E-state index in [0.29, 0.717) is 18.4 Å². The van der Waals surface area contributed by atoms with E-state index in [1.165, 1.54) is 5.56 Å². The first-order valence-electron chi connectivity index (χ1n) is 8.50. The lowest BCUT2D eigenvalue weighted by Crippen LogP contribution is -2.41. The van der Waals surface area contributed by atoms with Gasteiger partial charge in [-0.1, -0.05) is 18.2 Å². The molecule has 0 aliphatic carbocycles. The Balaban J connectivity index is 0.00000243. The number of aliphatic hydroxyl groups is 1. The van der Waals surface area contributed by atoms with Gasteiger partial charge in [0.05, 0.1) is 18.9 Å². The maximum Gasteiger partial charge on any atom is 0.191 e. The third-order valence-corrected chi connectivity index (χ3v) is 4.39. The molecular weight excluding hydrogens is 445 g/mol. The van der Waals surface area contributed by atoms with Crippen molar-refractivity contribution in [2.75, 3.05) is 26.7 Å². The molecule has 1 aromatic carbocycles. The molecule has 0 spiro atoms. The Kier molecular flexibility index (Phi) is 7.70. The van der Waals surface area contributed by atoms with Gasteiger partial charge in [0.15, 0.2) is 5.96 Å². The summed E-state index contributed by atoms with van der Waals surface area (Å²) in [6, 6.07) is 8.16. The van der Waals surface area contributed by atoms with Gasteiger partial charge in [0, 0.05) is 44.9 Å². The van der Waals surface area contributed by atoms with E-state index >= 15 is 0 Å². The van der Waals surface area contributed by atoms with Crippen LogP contribution in [0.25, 0.3) is 0 Å². The van der Waals surface area contributed by atoms with Crippen LogP contribution in [0.15, 0.2) is 41.7 Å². The number of benzene rings is 1. The monoisotopic (exact) mass is 471 g/mol. The number of aliphatic imine (C=N–C) groups is 1. The Hall–Kier alpha value is -1.81. The Labute approximate surface area is 170 Å². The summed E-state index contributed by atoms with van der Waals surface area (Å²) in [5.41, 5.74) is 2.01. The van der Waals surface area contributed by atoms with E-state index in [9.17, 15) is 5.11 Å². The number of hydrogen-bond acceptors (Lipinski definition) is 4. The van der Waals surface area contributed by atoms with Gasteiger partial charge in [0.2, 0.25) is 0 Å². The standard InChI is InChI=1S/C18H25N5O2.HI/c1-19-18(21-11-16(24)14-10-22-23(2)12-14)20-9-13-7-8-25-17-6-4-3-5-15(13)17;/h3-6,10,12-13,16,24H,7-9,11H2,1-2H3,(H2,19,20,21);1H. The summed E-state index contributed by atoms with van der Waals surface area (Å²) < 4.78 is 7.38. The molecule has 0 fully saturated rings. The zero-order valence-corrected chi connectivity index (χ0v) is 17.4. The molecule has 0 saturated heterocycles. The molecule has 2 atom stereocenters. The highest BCUT2D eigenvalue weighted by Gasteiger charge is 2.21. The van der Waals surface area contributed by atoms with Gasteiger partial charge in [-0.25, -0.2) is 0 Å². The minimum atomic E-state index is -0.629. The van der Waals surface area contributed by atoms with Crippen LogP contribution in [0.1, 0.15) is 29.6 Å². The van der Waals surface area contributed by atoms with Crippen molar-refractivity contribution in [3.05, 3.63) is 47.8 Å². The fourth-order valence-electron chi connectivity index (χ4n) is 2.99. The smallest absolute Gasteiger partial charge is 0.191 e. The average molecular weight is 471 g/mol. The van der Waals surface area contributed by atoms with E-state index in [-0.39, 0.29) is 24.0 Å². The molecule has 1 aliphatic heterocycles. The summed E-state index contributed by atoms with van der Waals surface area (Å²) in [7, 11) is 3.56. The Bertz CT molecular complexity index is 734. The Morgan fingerprint density at radius 2 is 2.23 bits per heavy atom. The first kappa shape index (κ1) is 20.5. The molecule has 2 aromatic rings. The first-order chi connectivity index (χ1) is 12.2. The van der Waals surface area contributed by atoms with Crippen molar-refractivity contribution < 1.29 is 9.84 Å². The lowest BCUT2D eigenvalue weighted by molar-refractivity contribution is 0.180. The zero-order valence-electron chi connectivity index (χ0n) is 15.1. The van der Waals surface area contributed by atoms with Crippen LogP contribution >= 0.6 is 24.0 Å². The summed E-state index contributed by atoms with van der Waals surface area (Å²) in [4.78, 5) is 4.23. The number of nitrogens with one attached hydrogen (secondary N) is 2. The number of halogens is 1. The lowest BCUT2D eigenvalue weighted by atomic mass is 9.93. The number of aliphatic hydroxyl groups excluding tert-OH is 1. The summed E-state index contributed by atoms with van der Waals surface area (Å²) in [5, 5.41) is 20.8. The summed E-state index contributed by atoms with van der Waals surface area (Å²) in [5.74, 6) is 2.02. The van der Waals surface area contributed by atoms with E-state index in [0.717, 1.165) is 30.9 Å². The van der Waals surface area contributed by atoms with Crippen molar-refractivity contribution in [3.63, 3.8) is 0 Å². The topological polar surface area (TPSA) is 83.7 Å². The van der Waals surface area contributed by atoms with E-state index in [2.05, 4.69) is 26.8 Å². The van der Waals surface area contributed by atoms with Gasteiger partial charge >= 0.3 is 0 Å². The molecule has 0 radical (unpaired) electrons. The van der Waals surface area contributed by atoms with Crippen LogP contribution in [0.5, 0.6) is 5.75 Å². The molecule has 7 nitrogen and oxygen atoms in total. The number of guanidine groups is 1. The molecule has 0 amide bonds. The molecule has 0 saturated carbocycles. The number of nitrogens with zero attached hydrogens (tertiary/aromatic N) is 3. The second kappa shape index (κ2) is 9.77. The molecule has 142 valence electrons. The number of aryl methyl sites for hydroxylation is 1. The van der Waals surface area contributed by atoms with Crippen LogP contribution in [-0.2, 0) is 7.05 Å². The summed E-state index contributed by atoms with van der Waals surface area (Å²) in [6.45, 7) is 1.87. The second-order valence-electron chi connectivity index (χ2n) is 6.17. The number of para-hydroxylation sites is 1. The molecule has 1 aromatic heterocycles. The molecule has 2 unspecified atom stereocenters. The van der Waals surface area contributed by atoms with Crippen LogP contribution in [-0.4, -0.2) is 47.6 Å².